The van der Waals surface area contributed by atoms with E-state index >= 15 is 0 Å². The number of nitrogens with zero attached hydrogens (tertiary/aromatic N) is 1. The predicted octanol–water partition coefficient (Wildman–Crippen LogP) is 4.29. The van der Waals surface area contributed by atoms with Crippen LogP contribution in [0.1, 0.15) is 12.8 Å². The monoisotopic (exact) mass is 494 g/mol. The Bertz CT molecular complexity index is 1300. The van der Waals surface area contributed by atoms with Gasteiger partial charge in [0.15, 0.2) is 17.2 Å². The van der Waals surface area contributed by atoms with Gasteiger partial charge >= 0.3 is 0 Å². The molecule has 0 spiro atoms. The van der Waals surface area contributed by atoms with Gasteiger partial charge in [-0.05, 0) is 49.2 Å². The molecule has 1 N–H and O–H groups in total. The second-order valence-electron chi connectivity index (χ2n) is 8.38. The summed E-state index contributed by atoms with van der Waals surface area (Å²) in [6.07, 6.45) is 0.856. The fourth-order valence-corrected chi connectivity index (χ4v) is 5.69. The van der Waals surface area contributed by atoms with E-state index < -0.39 is 10.0 Å². The molecule has 1 fully saturated rings. The molecule has 1 amide bonds. The van der Waals surface area contributed by atoms with Gasteiger partial charge in [0.05, 0.1) is 10.6 Å². The SMILES string of the molecule is O=C(Nc1ccccc1Oc1ccccc1)C1CCN(S(=O)(=O)c2ccc3c(c2)OCCO3)CC1. The highest BCUT2D eigenvalue weighted by molar-refractivity contribution is 7.89. The van der Waals surface area contributed by atoms with Crippen LogP contribution in [0.15, 0.2) is 77.7 Å². The summed E-state index contributed by atoms with van der Waals surface area (Å²) >= 11 is 0. The van der Waals surface area contributed by atoms with Crippen LogP contribution in [0.4, 0.5) is 5.69 Å². The summed E-state index contributed by atoms with van der Waals surface area (Å²) in [6.45, 7) is 1.35. The fourth-order valence-electron chi connectivity index (χ4n) is 4.20. The molecule has 0 unspecified atom stereocenters. The van der Waals surface area contributed by atoms with Gasteiger partial charge in [0.1, 0.15) is 19.0 Å². The zero-order valence-corrected chi connectivity index (χ0v) is 19.9. The van der Waals surface area contributed by atoms with E-state index in [1.165, 1.54) is 16.4 Å². The van der Waals surface area contributed by atoms with Crippen molar-refractivity contribution in [2.75, 3.05) is 31.6 Å². The Labute approximate surface area is 204 Å². The van der Waals surface area contributed by atoms with E-state index in [0.717, 1.165) is 0 Å². The molecule has 2 aliphatic rings. The van der Waals surface area contributed by atoms with Crippen molar-refractivity contribution in [3.63, 3.8) is 0 Å². The van der Waals surface area contributed by atoms with Crippen molar-refractivity contribution < 1.29 is 27.4 Å². The van der Waals surface area contributed by atoms with E-state index in [1.807, 2.05) is 42.5 Å². The van der Waals surface area contributed by atoms with Gasteiger partial charge in [0, 0.05) is 25.1 Å². The van der Waals surface area contributed by atoms with Crippen molar-refractivity contribution in [2.45, 2.75) is 17.7 Å². The van der Waals surface area contributed by atoms with Crippen LogP contribution in [0.5, 0.6) is 23.0 Å². The van der Waals surface area contributed by atoms with E-state index in [1.54, 1.807) is 18.2 Å². The normalized spacial score (nSPS) is 16.5. The third-order valence-electron chi connectivity index (χ3n) is 6.09. The summed E-state index contributed by atoms with van der Waals surface area (Å²) in [6, 6.07) is 21.3. The lowest BCUT2D eigenvalue weighted by atomic mass is 9.97. The van der Waals surface area contributed by atoms with Crippen molar-refractivity contribution >= 4 is 21.6 Å². The van der Waals surface area contributed by atoms with Crippen LogP contribution in [0.25, 0.3) is 0 Å². The van der Waals surface area contributed by atoms with Gasteiger partial charge in [0.2, 0.25) is 15.9 Å². The topological polar surface area (TPSA) is 94.2 Å². The Morgan fingerprint density at radius 3 is 2.34 bits per heavy atom. The highest BCUT2D eigenvalue weighted by Crippen LogP contribution is 2.34. The van der Waals surface area contributed by atoms with E-state index in [-0.39, 0.29) is 29.8 Å². The lowest BCUT2D eigenvalue weighted by Crippen LogP contribution is -2.41. The number of nitrogens with one attached hydrogen (secondary N) is 1. The number of piperidine rings is 1. The third kappa shape index (κ3) is 5.11. The molecular weight excluding hydrogens is 468 g/mol. The second kappa shape index (κ2) is 9.97. The molecule has 9 heteroatoms. The van der Waals surface area contributed by atoms with Gasteiger partial charge in [-0.1, -0.05) is 30.3 Å². The average molecular weight is 495 g/mol. The Morgan fingerprint density at radius 2 is 1.57 bits per heavy atom. The number of carbonyl (C=O) groups excluding carboxylic acids is 1. The standard InChI is InChI=1S/C26H26N2O6S/c29-26(27-22-8-4-5-9-23(22)34-20-6-2-1-3-7-20)19-12-14-28(15-13-19)35(30,31)21-10-11-24-25(18-21)33-17-16-32-24/h1-11,18-19H,12-17H2,(H,27,29). The molecule has 5 rings (SSSR count). The molecule has 2 heterocycles. The van der Waals surface area contributed by atoms with E-state index in [9.17, 15) is 13.2 Å². The number of para-hydroxylation sites is 3. The van der Waals surface area contributed by atoms with Gasteiger partial charge in [-0.15, -0.1) is 0 Å². The minimum Gasteiger partial charge on any atom is -0.486 e. The Kier molecular flexibility index (Phi) is 6.61. The van der Waals surface area contributed by atoms with Crippen LogP contribution in [0, 0.1) is 5.92 Å². The van der Waals surface area contributed by atoms with Crippen molar-refractivity contribution in [3.05, 3.63) is 72.8 Å². The first-order chi connectivity index (χ1) is 17.0. The zero-order valence-electron chi connectivity index (χ0n) is 19.1. The number of sulfonamides is 1. The molecule has 0 radical (unpaired) electrons. The molecule has 3 aromatic rings. The zero-order chi connectivity index (χ0) is 24.3. The number of hydrogen-bond acceptors (Lipinski definition) is 6. The predicted molar refractivity (Wildman–Crippen MR) is 131 cm³/mol. The summed E-state index contributed by atoms with van der Waals surface area (Å²) in [4.78, 5) is 13.2. The molecule has 0 saturated carbocycles. The molecule has 3 aromatic carbocycles. The molecule has 1 saturated heterocycles. The number of benzene rings is 3. The van der Waals surface area contributed by atoms with E-state index in [2.05, 4.69) is 5.32 Å². The molecule has 8 nitrogen and oxygen atoms in total. The number of ether oxygens (including phenoxy) is 3. The number of hydrogen-bond donors (Lipinski definition) is 1. The summed E-state index contributed by atoms with van der Waals surface area (Å²) in [5, 5.41) is 2.96. The summed E-state index contributed by atoms with van der Waals surface area (Å²) in [5.74, 6) is 1.75. The first-order valence-corrected chi connectivity index (χ1v) is 13.0. The maximum absolute atomic E-state index is 13.2. The number of amides is 1. The Hall–Kier alpha value is -3.56. The van der Waals surface area contributed by atoms with Crippen LogP contribution >= 0.6 is 0 Å². The molecule has 2 aliphatic heterocycles. The molecule has 35 heavy (non-hydrogen) atoms. The van der Waals surface area contributed by atoms with Gasteiger partial charge < -0.3 is 19.5 Å². The highest BCUT2D eigenvalue weighted by Gasteiger charge is 2.33. The van der Waals surface area contributed by atoms with Gasteiger partial charge in [-0.25, -0.2) is 8.42 Å². The minimum absolute atomic E-state index is 0.148. The van der Waals surface area contributed by atoms with Gasteiger partial charge in [-0.2, -0.15) is 4.31 Å². The molecule has 0 aromatic heterocycles. The maximum Gasteiger partial charge on any atom is 0.243 e. The van der Waals surface area contributed by atoms with Crippen molar-refractivity contribution in [2.24, 2.45) is 5.92 Å². The lowest BCUT2D eigenvalue weighted by Gasteiger charge is -2.31. The van der Waals surface area contributed by atoms with Crippen LogP contribution < -0.4 is 19.5 Å². The largest absolute Gasteiger partial charge is 0.486 e. The Balaban J connectivity index is 1.22. The molecule has 0 aliphatic carbocycles. The number of anilines is 1. The van der Waals surface area contributed by atoms with Crippen molar-refractivity contribution in [3.8, 4) is 23.0 Å². The van der Waals surface area contributed by atoms with Crippen molar-refractivity contribution in [1.29, 1.82) is 0 Å². The maximum atomic E-state index is 13.2. The first kappa shape index (κ1) is 23.2. The number of fused-ring (bicyclic) bond motifs is 1. The summed E-state index contributed by atoms with van der Waals surface area (Å²) in [7, 11) is -3.70. The number of rotatable bonds is 6. The quantitative estimate of drug-likeness (QED) is 0.550. The van der Waals surface area contributed by atoms with Gasteiger partial charge in [0.25, 0.3) is 0 Å². The highest BCUT2D eigenvalue weighted by atomic mass is 32.2. The van der Waals surface area contributed by atoms with Crippen LogP contribution in [-0.4, -0.2) is 44.9 Å². The molecular formula is C26H26N2O6S. The molecule has 182 valence electrons. The van der Waals surface area contributed by atoms with Gasteiger partial charge in [-0.3, -0.25) is 4.79 Å². The Morgan fingerprint density at radius 1 is 0.886 bits per heavy atom. The van der Waals surface area contributed by atoms with Crippen LogP contribution in [0.3, 0.4) is 0 Å². The third-order valence-corrected chi connectivity index (χ3v) is 7.99. The second-order valence-corrected chi connectivity index (χ2v) is 10.3. The van der Waals surface area contributed by atoms with E-state index in [4.69, 9.17) is 14.2 Å². The summed E-state index contributed by atoms with van der Waals surface area (Å²) in [5.41, 5.74) is 0.577. The molecule has 0 atom stereocenters. The molecule has 0 bridgehead atoms. The number of carbonyl (C=O) groups is 1. The van der Waals surface area contributed by atoms with Crippen LogP contribution in [-0.2, 0) is 14.8 Å². The van der Waals surface area contributed by atoms with Crippen LogP contribution in [0.2, 0.25) is 0 Å². The van der Waals surface area contributed by atoms with Crippen molar-refractivity contribution in [1.82, 2.24) is 4.31 Å². The summed E-state index contributed by atoms with van der Waals surface area (Å²) < 4.78 is 44.7. The fraction of sp³-hybridized carbons (Fsp3) is 0.269. The lowest BCUT2D eigenvalue weighted by molar-refractivity contribution is -0.120. The smallest absolute Gasteiger partial charge is 0.243 e. The average Bonchev–Trinajstić information content (AvgIpc) is 2.90. The minimum atomic E-state index is -3.70. The van der Waals surface area contributed by atoms with E-state index in [0.29, 0.717) is 54.7 Å². The first-order valence-electron chi connectivity index (χ1n) is 11.5.